The highest BCUT2D eigenvalue weighted by Gasteiger charge is 1.98. The number of hydrogen-bond acceptors (Lipinski definition) is 4. The number of carboxylic acid groups (broad SMARTS) is 1. The van der Waals surface area contributed by atoms with Crippen molar-refractivity contribution in [2.24, 2.45) is 0 Å². The Balaban J connectivity index is 3.85. The predicted molar refractivity (Wildman–Crippen MR) is 41.4 cm³/mol. The molecule has 0 rings (SSSR count). The monoisotopic (exact) mass is 173 g/mol. The molecule has 5 nitrogen and oxygen atoms in total. The van der Waals surface area contributed by atoms with Crippen LogP contribution in [-0.2, 0) is 14.3 Å². The van der Waals surface area contributed by atoms with Gasteiger partial charge in [0.25, 0.3) is 0 Å². The van der Waals surface area contributed by atoms with Gasteiger partial charge >= 0.3 is 11.9 Å². The Morgan fingerprint density at radius 3 is 2.58 bits per heavy atom. The Hall–Kier alpha value is -1.52. The number of carbonyl (C=O) groups excluding carboxylic acids is 1. The quantitative estimate of drug-likeness (QED) is 0.452. The van der Waals surface area contributed by atoms with Gasteiger partial charge in [0.05, 0.1) is 7.11 Å². The number of methoxy groups -OCH3 is 1. The van der Waals surface area contributed by atoms with E-state index in [-0.39, 0.29) is 6.54 Å². The summed E-state index contributed by atoms with van der Waals surface area (Å²) in [4.78, 5) is 20.6. The Kier molecular flexibility index (Phi) is 4.52. The summed E-state index contributed by atoms with van der Waals surface area (Å²) in [6.07, 6.45) is 1.18. The van der Waals surface area contributed by atoms with E-state index in [1.54, 1.807) is 6.92 Å². The van der Waals surface area contributed by atoms with Crippen molar-refractivity contribution < 1.29 is 19.4 Å². The average molecular weight is 173 g/mol. The molecule has 0 unspecified atom stereocenters. The fourth-order valence-electron chi connectivity index (χ4n) is 0.502. The molecule has 0 saturated carbocycles. The summed E-state index contributed by atoms with van der Waals surface area (Å²) >= 11 is 0. The summed E-state index contributed by atoms with van der Waals surface area (Å²) in [5, 5.41) is 10.8. The highest BCUT2D eigenvalue weighted by atomic mass is 16.5. The predicted octanol–water partition coefficient (Wildman–Crippen LogP) is -0.263. The molecule has 0 spiro atoms. The number of nitrogens with one attached hydrogen (secondary N) is 1. The maximum atomic E-state index is 10.6. The van der Waals surface area contributed by atoms with E-state index in [4.69, 9.17) is 5.11 Å². The molecule has 0 aliphatic carbocycles. The van der Waals surface area contributed by atoms with E-state index in [0.29, 0.717) is 5.70 Å². The van der Waals surface area contributed by atoms with Gasteiger partial charge in [0.1, 0.15) is 6.54 Å². The van der Waals surface area contributed by atoms with Gasteiger partial charge in [-0.3, -0.25) is 4.79 Å². The van der Waals surface area contributed by atoms with Gasteiger partial charge < -0.3 is 15.2 Å². The molecule has 68 valence electrons. The van der Waals surface area contributed by atoms with Crippen molar-refractivity contribution in [3.63, 3.8) is 0 Å². The maximum Gasteiger partial charge on any atom is 0.332 e. The van der Waals surface area contributed by atoms with E-state index in [1.165, 1.54) is 13.2 Å². The van der Waals surface area contributed by atoms with E-state index in [0.717, 1.165) is 0 Å². The SMILES string of the molecule is COC(=O)/C=C(/C)NCC(=O)O. The third kappa shape index (κ3) is 5.28. The summed E-state index contributed by atoms with van der Waals surface area (Å²) in [5.74, 6) is -1.49. The van der Waals surface area contributed by atoms with Crippen LogP contribution in [0.2, 0.25) is 0 Å². The number of esters is 1. The average Bonchev–Trinajstić information content (AvgIpc) is 2.00. The second kappa shape index (κ2) is 5.17. The van der Waals surface area contributed by atoms with Crippen molar-refractivity contribution in [1.82, 2.24) is 5.32 Å². The van der Waals surface area contributed by atoms with Gasteiger partial charge in [-0.2, -0.15) is 0 Å². The summed E-state index contributed by atoms with van der Waals surface area (Å²) < 4.78 is 4.32. The highest BCUT2D eigenvalue weighted by molar-refractivity contribution is 5.82. The second-order valence-electron chi connectivity index (χ2n) is 2.10. The molecule has 5 heteroatoms. The lowest BCUT2D eigenvalue weighted by molar-refractivity contribution is -0.136. The lowest BCUT2D eigenvalue weighted by atomic mass is 10.4. The molecule has 0 aliphatic heterocycles. The minimum atomic E-state index is -0.979. The summed E-state index contributed by atoms with van der Waals surface area (Å²) in [7, 11) is 1.25. The van der Waals surface area contributed by atoms with Crippen LogP contribution in [0.3, 0.4) is 0 Å². The van der Waals surface area contributed by atoms with E-state index in [2.05, 4.69) is 10.1 Å². The van der Waals surface area contributed by atoms with Crippen molar-refractivity contribution >= 4 is 11.9 Å². The zero-order valence-corrected chi connectivity index (χ0v) is 6.96. The molecule has 0 radical (unpaired) electrons. The number of rotatable bonds is 4. The van der Waals surface area contributed by atoms with Crippen molar-refractivity contribution in [3.8, 4) is 0 Å². The first-order valence-corrected chi connectivity index (χ1v) is 3.28. The van der Waals surface area contributed by atoms with Crippen molar-refractivity contribution in [3.05, 3.63) is 11.8 Å². The van der Waals surface area contributed by atoms with Gasteiger partial charge in [-0.25, -0.2) is 4.79 Å². The third-order valence-electron chi connectivity index (χ3n) is 1.05. The van der Waals surface area contributed by atoms with Crippen LogP contribution in [0.1, 0.15) is 6.92 Å². The van der Waals surface area contributed by atoms with E-state index >= 15 is 0 Å². The highest BCUT2D eigenvalue weighted by Crippen LogP contribution is 1.87. The largest absolute Gasteiger partial charge is 0.480 e. The van der Waals surface area contributed by atoms with Crippen LogP contribution in [-0.4, -0.2) is 30.7 Å². The van der Waals surface area contributed by atoms with Crippen LogP contribution in [0, 0.1) is 0 Å². The summed E-state index contributed by atoms with van der Waals surface area (Å²) in [6.45, 7) is 1.37. The van der Waals surface area contributed by atoms with Gasteiger partial charge in [-0.1, -0.05) is 0 Å². The number of hydrogen-bond donors (Lipinski definition) is 2. The molecular formula is C7H11NO4. The van der Waals surface area contributed by atoms with Gasteiger partial charge in [0.15, 0.2) is 0 Å². The van der Waals surface area contributed by atoms with Gasteiger partial charge in [-0.05, 0) is 6.92 Å². The lowest BCUT2D eigenvalue weighted by Gasteiger charge is -2.01. The van der Waals surface area contributed by atoms with Crippen molar-refractivity contribution in [1.29, 1.82) is 0 Å². The Labute approximate surface area is 70.0 Å². The molecule has 0 fully saturated rings. The number of ether oxygens (including phenoxy) is 1. The first-order chi connectivity index (χ1) is 5.56. The van der Waals surface area contributed by atoms with Gasteiger partial charge in [0, 0.05) is 11.8 Å². The standard InChI is InChI=1S/C7H11NO4/c1-5(3-7(11)12-2)8-4-6(9)10/h3,8H,4H2,1-2H3,(H,9,10)/b5-3-. The normalized spacial score (nSPS) is 10.7. The molecule has 0 amide bonds. The van der Waals surface area contributed by atoms with Crippen LogP contribution >= 0.6 is 0 Å². The summed E-state index contributed by atoms with van der Waals surface area (Å²) in [5.41, 5.74) is 0.462. The molecule has 0 saturated heterocycles. The van der Waals surface area contributed by atoms with Crippen molar-refractivity contribution in [2.75, 3.05) is 13.7 Å². The number of carboxylic acids is 1. The maximum absolute atomic E-state index is 10.6. The third-order valence-corrected chi connectivity index (χ3v) is 1.05. The number of allylic oxidation sites excluding steroid dienone is 1. The first kappa shape index (κ1) is 10.5. The van der Waals surface area contributed by atoms with Gasteiger partial charge in [-0.15, -0.1) is 0 Å². The van der Waals surface area contributed by atoms with Gasteiger partial charge in [0.2, 0.25) is 0 Å². The molecule has 0 aromatic heterocycles. The van der Waals surface area contributed by atoms with Crippen LogP contribution in [0.4, 0.5) is 0 Å². The van der Waals surface area contributed by atoms with Crippen molar-refractivity contribution in [2.45, 2.75) is 6.92 Å². The smallest absolute Gasteiger partial charge is 0.332 e. The minimum Gasteiger partial charge on any atom is -0.480 e. The zero-order chi connectivity index (χ0) is 9.56. The first-order valence-electron chi connectivity index (χ1n) is 3.28. The molecule has 0 bridgehead atoms. The number of aliphatic carboxylic acids is 1. The molecule has 0 aromatic rings. The van der Waals surface area contributed by atoms with E-state index < -0.39 is 11.9 Å². The second-order valence-corrected chi connectivity index (χ2v) is 2.10. The molecule has 0 atom stereocenters. The molecule has 0 aliphatic rings. The minimum absolute atomic E-state index is 0.209. The van der Waals surface area contributed by atoms with Crippen LogP contribution in [0.15, 0.2) is 11.8 Å². The summed E-state index contributed by atoms with van der Waals surface area (Å²) in [6, 6.07) is 0. The molecular weight excluding hydrogens is 162 g/mol. The van der Waals surface area contributed by atoms with E-state index in [9.17, 15) is 9.59 Å². The fourth-order valence-corrected chi connectivity index (χ4v) is 0.502. The van der Waals surface area contributed by atoms with Crippen LogP contribution in [0.25, 0.3) is 0 Å². The fraction of sp³-hybridized carbons (Fsp3) is 0.429. The lowest BCUT2D eigenvalue weighted by Crippen LogP contribution is -2.21. The van der Waals surface area contributed by atoms with E-state index in [1.807, 2.05) is 0 Å². The van der Waals surface area contributed by atoms with Crippen LogP contribution < -0.4 is 5.32 Å². The Morgan fingerprint density at radius 1 is 1.58 bits per heavy atom. The Bertz CT molecular complexity index is 209. The molecule has 12 heavy (non-hydrogen) atoms. The zero-order valence-electron chi connectivity index (χ0n) is 6.96. The Morgan fingerprint density at radius 2 is 2.17 bits per heavy atom. The molecule has 0 heterocycles. The number of carbonyl (C=O) groups is 2. The molecule has 2 N–H and O–H groups in total. The van der Waals surface area contributed by atoms with Crippen LogP contribution in [0.5, 0.6) is 0 Å². The topological polar surface area (TPSA) is 75.6 Å². The molecule has 0 aromatic carbocycles.